The molecule has 0 nitrogen and oxygen atoms in total. The predicted molar refractivity (Wildman–Crippen MR) is 71.2 cm³/mol. The third-order valence-electron chi connectivity index (χ3n) is 3.15. The van der Waals surface area contributed by atoms with E-state index in [1.807, 2.05) is 0 Å². The van der Waals surface area contributed by atoms with Gasteiger partial charge in [-0.1, -0.05) is 62.8 Å². The van der Waals surface area contributed by atoms with Crippen LogP contribution >= 0.6 is 0 Å². The minimum Gasteiger partial charge on any atom is -0.0764 e. The molecular formula is C16H20. The topological polar surface area (TPSA) is 0 Å². The van der Waals surface area contributed by atoms with Crippen LogP contribution in [0.25, 0.3) is 0 Å². The van der Waals surface area contributed by atoms with E-state index >= 15 is 0 Å². The Morgan fingerprint density at radius 2 is 1.75 bits per heavy atom. The van der Waals surface area contributed by atoms with Crippen LogP contribution < -0.4 is 0 Å². The third kappa shape index (κ3) is 2.27. The molecule has 84 valence electrons. The maximum absolute atomic E-state index is 2.36. The van der Waals surface area contributed by atoms with Crippen molar-refractivity contribution in [3.63, 3.8) is 0 Å². The highest BCUT2D eigenvalue weighted by Gasteiger charge is 2.17. The molecule has 16 heavy (non-hydrogen) atoms. The first-order valence-corrected chi connectivity index (χ1v) is 5.95. The molecular weight excluding hydrogens is 192 g/mol. The average Bonchev–Trinajstić information content (AvgIpc) is 2.64. The van der Waals surface area contributed by atoms with E-state index in [9.17, 15) is 0 Å². The highest BCUT2D eigenvalue weighted by atomic mass is 14.2. The normalized spacial score (nSPS) is 24.8. The third-order valence-corrected chi connectivity index (χ3v) is 3.15. The van der Waals surface area contributed by atoms with Crippen molar-refractivity contribution in [2.75, 3.05) is 0 Å². The summed E-state index contributed by atoms with van der Waals surface area (Å²) in [6, 6.07) is 0. The molecule has 0 fully saturated rings. The Morgan fingerprint density at radius 1 is 1.00 bits per heavy atom. The Morgan fingerprint density at radius 3 is 2.19 bits per heavy atom. The Labute approximate surface area is 98.8 Å². The summed E-state index contributed by atoms with van der Waals surface area (Å²) in [7, 11) is 0. The second kappa shape index (κ2) is 3.93. The quantitative estimate of drug-likeness (QED) is 0.544. The number of hydrogen-bond acceptors (Lipinski definition) is 0. The van der Waals surface area contributed by atoms with Gasteiger partial charge in [0, 0.05) is 0 Å². The summed E-state index contributed by atoms with van der Waals surface area (Å²) < 4.78 is 0. The maximum atomic E-state index is 2.36. The van der Waals surface area contributed by atoms with Crippen LogP contribution in [0, 0.1) is 5.41 Å². The molecule has 0 saturated carbocycles. The van der Waals surface area contributed by atoms with Crippen molar-refractivity contribution in [3.05, 3.63) is 58.7 Å². The molecule has 2 aliphatic carbocycles. The van der Waals surface area contributed by atoms with Gasteiger partial charge < -0.3 is 0 Å². The van der Waals surface area contributed by atoms with Crippen molar-refractivity contribution in [2.24, 2.45) is 5.41 Å². The molecule has 0 radical (unpaired) electrons. The van der Waals surface area contributed by atoms with Gasteiger partial charge in [0.15, 0.2) is 0 Å². The van der Waals surface area contributed by atoms with Gasteiger partial charge in [-0.2, -0.15) is 0 Å². The summed E-state index contributed by atoms with van der Waals surface area (Å²) in [5, 5.41) is 0. The first-order chi connectivity index (χ1) is 7.47. The Balaban J connectivity index is 2.22. The molecule has 0 aromatic carbocycles. The minimum atomic E-state index is 0.268. The summed E-state index contributed by atoms with van der Waals surface area (Å²) in [6.45, 7) is 8.94. The van der Waals surface area contributed by atoms with Crippen LogP contribution in [0.1, 0.15) is 34.1 Å². The van der Waals surface area contributed by atoms with Gasteiger partial charge in [-0.05, 0) is 35.5 Å². The molecule has 0 unspecified atom stereocenters. The van der Waals surface area contributed by atoms with Crippen LogP contribution in [0.2, 0.25) is 0 Å². The van der Waals surface area contributed by atoms with Gasteiger partial charge in [-0.25, -0.2) is 0 Å². The SMILES string of the molecule is CC1=CC(=C2C=CC(C(C)(C)C)=CC2)C=C1. The van der Waals surface area contributed by atoms with Crippen molar-refractivity contribution in [2.45, 2.75) is 34.1 Å². The fourth-order valence-corrected chi connectivity index (χ4v) is 2.08. The second-order valence-corrected chi connectivity index (χ2v) is 5.65. The summed E-state index contributed by atoms with van der Waals surface area (Å²) in [6.07, 6.45) is 14.6. The molecule has 0 saturated heterocycles. The highest BCUT2D eigenvalue weighted by Crippen LogP contribution is 2.32. The molecule has 2 aliphatic rings. The Kier molecular flexibility index (Phi) is 2.75. The van der Waals surface area contributed by atoms with Gasteiger partial charge in [-0.3, -0.25) is 0 Å². The molecule has 0 bridgehead atoms. The smallest absolute Gasteiger partial charge is 0.00855 e. The predicted octanol–water partition coefficient (Wildman–Crippen LogP) is 4.73. The van der Waals surface area contributed by atoms with Gasteiger partial charge in [0.25, 0.3) is 0 Å². The molecule has 0 aromatic heterocycles. The number of allylic oxidation sites excluding steroid dienone is 10. The molecule has 0 N–H and O–H groups in total. The fraction of sp³-hybridized carbons (Fsp3) is 0.375. The van der Waals surface area contributed by atoms with E-state index in [4.69, 9.17) is 0 Å². The van der Waals surface area contributed by atoms with Crippen molar-refractivity contribution >= 4 is 0 Å². The lowest BCUT2D eigenvalue weighted by Crippen LogP contribution is -2.09. The van der Waals surface area contributed by atoms with Crippen LogP contribution in [-0.4, -0.2) is 0 Å². The highest BCUT2D eigenvalue weighted by molar-refractivity contribution is 5.53. The van der Waals surface area contributed by atoms with Gasteiger partial charge in [-0.15, -0.1) is 0 Å². The maximum Gasteiger partial charge on any atom is -0.00855 e. The second-order valence-electron chi connectivity index (χ2n) is 5.65. The van der Waals surface area contributed by atoms with E-state index in [2.05, 4.69) is 64.2 Å². The molecule has 0 amide bonds. The van der Waals surface area contributed by atoms with Crippen LogP contribution in [0.4, 0.5) is 0 Å². The van der Waals surface area contributed by atoms with Crippen LogP contribution in [0.15, 0.2) is 58.7 Å². The van der Waals surface area contributed by atoms with E-state index in [0.29, 0.717) is 0 Å². The van der Waals surface area contributed by atoms with Crippen molar-refractivity contribution in [1.82, 2.24) is 0 Å². The number of hydrogen-bond donors (Lipinski definition) is 0. The van der Waals surface area contributed by atoms with Crippen LogP contribution in [0.5, 0.6) is 0 Å². The Hall–Kier alpha value is -1.30. The molecule has 0 heterocycles. The lowest BCUT2D eigenvalue weighted by Gasteiger charge is -2.23. The molecule has 0 heteroatoms. The number of rotatable bonds is 0. The first-order valence-electron chi connectivity index (χ1n) is 5.95. The summed E-state index contributed by atoms with van der Waals surface area (Å²) >= 11 is 0. The molecule has 0 aliphatic heterocycles. The van der Waals surface area contributed by atoms with Gasteiger partial charge >= 0.3 is 0 Å². The van der Waals surface area contributed by atoms with Crippen molar-refractivity contribution in [3.8, 4) is 0 Å². The van der Waals surface area contributed by atoms with E-state index in [-0.39, 0.29) is 5.41 Å². The summed E-state index contributed by atoms with van der Waals surface area (Å²) in [5.41, 5.74) is 5.87. The molecule has 2 rings (SSSR count). The zero-order valence-corrected chi connectivity index (χ0v) is 10.7. The monoisotopic (exact) mass is 212 g/mol. The molecule has 0 aromatic rings. The largest absolute Gasteiger partial charge is 0.0764 e. The van der Waals surface area contributed by atoms with E-state index in [1.54, 1.807) is 0 Å². The van der Waals surface area contributed by atoms with Crippen molar-refractivity contribution < 1.29 is 0 Å². The van der Waals surface area contributed by atoms with Gasteiger partial charge in [0.2, 0.25) is 0 Å². The van der Waals surface area contributed by atoms with E-state index in [1.165, 1.54) is 22.3 Å². The average molecular weight is 212 g/mol. The summed E-state index contributed by atoms with van der Waals surface area (Å²) in [5.74, 6) is 0. The van der Waals surface area contributed by atoms with E-state index in [0.717, 1.165) is 6.42 Å². The first kappa shape index (κ1) is 11.2. The standard InChI is InChI=1S/C16H20/c1-12-5-6-14(11-12)13-7-9-15(10-8-13)16(2,3)4/h5-7,9-11H,8H2,1-4H3. The lowest BCUT2D eigenvalue weighted by molar-refractivity contribution is 0.514. The zero-order valence-electron chi connectivity index (χ0n) is 10.7. The Bertz CT molecular complexity index is 443. The fourth-order valence-electron chi connectivity index (χ4n) is 2.08. The van der Waals surface area contributed by atoms with E-state index < -0.39 is 0 Å². The lowest BCUT2D eigenvalue weighted by atomic mass is 9.82. The van der Waals surface area contributed by atoms with Crippen LogP contribution in [-0.2, 0) is 0 Å². The van der Waals surface area contributed by atoms with Crippen molar-refractivity contribution in [1.29, 1.82) is 0 Å². The van der Waals surface area contributed by atoms with Gasteiger partial charge in [0.05, 0.1) is 0 Å². The zero-order chi connectivity index (χ0) is 11.8. The summed E-state index contributed by atoms with van der Waals surface area (Å²) in [4.78, 5) is 0. The van der Waals surface area contributed by atoms with Gasteiger partial charge in [0.1, 0.15) is 0 Å². The molecule has 0 atom stereocenters. The van der Waals surface area contributed by atoms with Crippen LogP contribution in [0.3, 0.4) is 0 Å². The minimum absolute atomic E-state index is 0.268. The molecule has 0 spiro atoms.